The predicted octanol–water partition coefficient (Wildman–Crippen LogP) is 3.39. The Morgan fingerprint density at radius 1 is 1.44 bits per heavy atom. The van der Waals surface area contributed by atoms with Crippen LogP contribution in [0.25, 0.3) is 0 Å². The minimum Gasteiger partial charge on any atom is -0.395 e. The number of benzene rings is 1. The maximum Gasteiger partial charge on any atom is 0.0530 e. The van der Waals surface area contributed by atoms with Crippen LogP contribution in [0, 0.1) is 12.8 Å². The van der Waals surface area contributed by atoms with Gasteiger partial charge in [-0.2, -0.15) is 0 Å². The van der Waals surface area contributed by atoms with Gasteiger partial charge in [-0.05, 0) is 41.9 Å². The third kappa shape index (κ3) is 1.67. The standard InChI is InChI=1S/C15H22O/c1-10(2)13-6-5-11(3)14(7-13)15(9-16)8-12(15)4/h5-7,10,12,16H,8-9H2,1-4H3. The highest BCUT2D eigenvalue weighted by atomic mass is 16.3. The summed E-state index contributed by atoms with van der Waals surface area (Å²) < 4.78 is 0. The van der Waals surface area contributed by atoms with Gasteiger partial charge < -0.3 is 5.11 Å². The molecular formula is C15H22O. The van der Waals surface area contributed by atoms with Crippen molar-refractivity contribution < 1.29 is 5.11 Å². The minimum atomic E-state index is 0.0645. The van der Waals surface area contributed by atoms with Crippen LogP contribution in [-0.2, 0) is 5.41 Å². The summed E-state index contributed by atoms with van der Waals surface area (Å²) in [4.78, 5) is 0. The van der Waals surface area contributed by atoms with Crippen molar-refractivity contribution in [3.05, 3.63) is 34.9 Å². The van der Waals surface area contributed by atoms with Gasteiger partial charge in [0.05, 0.1) is 6.61 Å². The number of aryl methyl sites for hydroxylation is 1. The van der Waals surface area contributed by atoms with E-state index in [1.54, 1.807) is 0 Å². The molecule has 0 bridgehead atoms. The van der Waals surface area contributed by atoms with E-state index in [1.165, 1.54) is 16.7 Å². The first-order valence-corrected chi connectivity index (χ1v) is 6.23. The number of aliphatic hydroxyl groups is 1. The van der Waals surface area contributed by atoms with E-state index in [0.29, 0.717) is 11.8 Å². The Morgan fingerprint density at radius 3 is 2.50 bits per heavy atom. The Balaban J connectivity index is 2.44. The number of hydrogen-bond donors (Lipinski definition) is 1. The first-order chi connectivity index (χ1) is 7.51. The molecule has 0 amide bonds. The summed E-state index contributed by atoms with van der Waals surface area (Å²) in [5.74, 6) is 1.18. The van der Waals surface area contributed by atoms with E-state index >= 15 is 0 Å². The molecule has 16 heavy (non-hydrogen) atoms. The van der Waals surface area contributed by atoms with Gasteiger partial charge in [0.25, 0.3) is 0 Å². The van der Waals surface area contributed by atoms with Crippen molar-refractivity contribution in [2.45, 2.75) is 45.4 Å². The first-order valence-electron chi connectivity index (χ1n) is 6.23. The van der Waals surface area contributed by atoms with Gasteiger partial charge in [-0.15, -0.1) is 0 Å². The lowest BCUT2D eigenvalue weighted by Crippen LogP contribution is -2.16. The zero-order valence-electron chi connectivity index (χ0n) is 10.7. The summed E-state index contributed by atoms with van der Waals surface area (Å²) >= 11 is 0. The molecule has 0 heterocycles. The summed E-state index contributed by atoms with van der Waals surface area (Å²) in [6.07, 6.45) is 1.13. The summed E-state index contributed by atoms with van der Waals surface area (Å²) in [6.45, 7) is 9.11. The molecular weight excluding hydrogens is 196 g/mol. The van der Waals surface area contributed by atoms with E-state index in [2.05, 4.69) is 45.9 Å². The topological polar surface area (TPSA) is 20.2 Å². The van der Waals surface area contributed by atoms with Crippen LogP contribution in [0.1, 0.15) is 49.8 Å². The van der Waals surface area contributed by atoms with Crippen molar-refractivity contribution in [3.8, 4) is 0 Å². The molecule has 1 aromatic rings. The van der Waals surface area contributed by atoms with E-state index in [-0.39, 0.29) is 12.0 Å². The Hall–Kier alpha value is -0.820. The maximum atomic E-state index is 9.63. The molecule has 1 fully saturated rings. The van der Waals surface area contributed by atoms with Crippen molar-refractivity contribution in [1.29, 1.82) is 0 Å². The second kappa shape index (κ2) is 3.89. The fraction of sp³-hybridized carbons (Fsp3) is 0.600. The van der Waals surface area contributed by atoms with Gasteiger partial charge in [0.15, 0.2) is 0 Å². The number of rotatable bonds is 3. The van der Waals surface area contributed by atoms with Gasteiger partial charge in [-0.1, -0.05) is 39.0 Å². The lowest BCUT2D eigenvalue weighted by atomic mass is 9.87. The van der Waals surface area contributed by atoms with Gasteiger partial charge in [-0.25, -0.2) is 0 Å². The van der Waals surface area contributed by atoms with Crippen molar-refractivity contribution in [2.75, 3.05) is 6.61 Å². The molecule has 1 saturated carbocycles. The van der Waals surface area contributed by atoms with E-state index in [0.717, 1.165) is 6.42 Å². The van der Waals surface area contributed by atoms with E-state index in [4.69, 9.17) is 0 Å². The van der Waals surface area contributed by atoms with E-state index < -0.39 is 0 Å². The van der Waals surface area contributed by atoms with Crippen LogP contribution in [0.15, 0.2) is 18.2 Å². The maximum absolute atomic E-state index is 9.63. The molecule has 1 aliphatic carbocycles. The fourth-order valence-corrected chi connectivity index (χ4v) is 2.70. The van der Waals surface area contributed by atoms with Crippen LogP contribution in [0.4, 0.5) is 0 Å². The van der Waals surface area contributed by atoms with Gasteiger partial charge in [0.1, 0.15) is 0 Å². The molecule has 1 aliphatic rings. The molecule has 1 N–H and O–H groups in total. The molecule has 0 saturated heterocycles. The molecule has 0 radical (unpaired) electrons. The highest BCUT2D eigenvalue weighted by molar-refractivity contribution is 5.42. The van der Waals surface area contributed by atoms with Crippen LogP contribution in [0.2, 0.25) is 0 Å². The van der Waals surface area contributed by atoms with Crippen molar-refractivity contribution in [3.63, 3.8) is 0 Å². The highest BCUT2D eigenvalue weighted by Gasteiger charge is 2.52. The smallest absolute Gasteiger partial charge is 0.0530 e. The zero-order chi connectivity index (χ0) is 11.9. The number of aliphatic hydroxyl groups excluding tert-OH is 1. The quantitative estimate of drug-likeness (QED) is 0.824. The second-order valence-corrected chi connectivity index (χ2v) is 5.65. The van der Waals surface area contributed by atoms with Gasteiger partial charge in [0.2, 0.25) is 0 Å². The summed E-state index contributed by atoms with van der Waals surface area (Å²) in [7, 11) is 0. The second-order valence-electron chi connectivity index (χ2n) is 5.65. The Kier molecular flexibility index (Phi) is 2.83. The summed E-state index contributed by atoms with van der Waals surface area (Å²) in [5.41, 5.74) is 4.14. The van der Waals surface area contributed by atoms with Crippen LogP contribution < -0.4 is 0 Å². The fourth-order valence-electron chi connectivity index (χ4n) is 2.70. The first kappa shape index (κ1) is 11.7. The lowest BCUT2D eigenvalue weighted by molar-refractivity contribution is 0.246. The van der Waals surface area contributed by atoms with Crippen LogP contribution in [0.3, 0.4) is 0 Å². The predicted molar refractivity (Wildman–Crippen MR) is 67.8 cm³/mol. The average Bonchev–Trinajstić information content (AvgIpc) is 2.91. The molecule has 2 unspecified atom stereocenters. The molecule has 0 spiro atoms. The average molecular weight is 218 g/mol. The van der Waals surface area contributed by atoms with Crippen LogP contribution in [-0.4, -0.2) is 11.7 Å². The van der Waals surface area contributed by atoms with Crippen molar-refractivity contribution >= 4 is 0 Å². The molecule has 0 aromatic heterocycles. The normalized spacial score (nSPS) is 28.5. The largest absolute Gasteiger partial charge is 0.395 e. The van der Waals surface area contributed by atoms with Crippen molar-refractivity contribution in [1.82, 2.24) is 0 Å². The number of hydrogen-bond acceptors (Lipinski definition) is 1. The minimum absolute atomic E-state index is 0.0645. The Morgan fingerprint density at radius 2 is 2.06 bits per heavy atom. The zero-order valence-corrected chi connectivity index (χ0v) is 10.7. The SMILES string of the molecule is Cc1ccc(C(C)C)cc1C1(CO)CC1C. The van der Waals surface area contributed by atoms with E-state index in [1.807, 2.05) is 0 Å². The third-order valence-corrected chi connectivity index (χ3v) is 4.20. The highest BCUT2D eigenvalue weighted by Crippen LogP contribution is 2.54. The molecule has 1 aromatic carbocycles. The van der Waals surface area contributed by atoms with Gasteiger partial charge in [0, 0.05) is 5.41 Å². The molecule has 1 nitrogen and oxygen atoms in total. The van der Waals surface area contributed by atoms with E-state index in [9.17, 15) is 5.11 Å². The molecule has 2 atom stereocenters. The Labute approximate surface area is 98.5 Å². The molecule has 88 valence electrons. The molecule has 0 aliphatic heterocycles. The van der Waals surface area contributed by atoms with Crippen LogP contribution in [0.5, 0.6) is 0 Å². The van der Waals surface area contributed by atoms with Crippen LogP contribution >= 0.6 is 0 Å². The summed E-state index contributed by atoms with van der Waals surface area (Å²) in [6, 6.07) is 6.72. The lowest BCUT2D eigenvalue weighted by Gasteiger charge is -2.19. The van der Waals surface area contributed by atoms with Crippen molar-refractivity contribution in [2.24, 2.45) is 5.92 Å². The Bertz CT molecular complexity index is 390. The van der Waals surface area contributed by atoms with Gasteiger partial charge in [-0.3, -0.25) is 0 Å². The van der Waals surface area contributed by atoms with Gasteiger partial charge >= 0.3 is 0 Å². The molecule has 2 rings (SSSR count). The summed E-state index contributed by atoms with van der Waals surface area (Å²) in [5, 5.41) is 9.63. The molecule has 1 heteroatoms. The monoisotopic (exact) mass is 218 g/mol. The third-order valence-electron chi connectivity index (χ3n) is 4.20.